The van der Waals surface area contributed by atoms with Crippen LogP contribution < -0.4 is 0 Å². The standard InChI is InChI=1S/C11H8N6/c1-7-9(5-13-14-7)11-16-15-10-3-2-8(4-12)6-17(10)11/h2-3,5-6H,1H3,(H,13,14). The highest BCUT2D eigenvalue weighted by atomic mass is 15.3. The first kappa shape index (κ1) is 9.54. The van der Waals surface area contributed by atoms with Gasteiger partial charge in [0.15, 0.2) is 11.5 Å². The van der Waals surface area contributed by atoms with Gasteiger partial charge >= 0.3 is 0 Å². The predicted octanol–water partition coefficient (Wildman–Crippen LogP) is 1.30. The molecule has 0 radical (unpaired) electrons. The normalized spacial score (nSPS) is 10.6. The fraction of sp³-hybridized carbons (Fsp3) is 0.0909. The molecule has 6 nitrogen and oxygen atoms in total. The molecule has 6 heteroatoms. The van der Waals surface area contributed by atoms with E-state index in [9.17, 15) is 0 Å². The monoisotopic (exact) mass is 224 g/mol. The lowest BCUT2D eigenvalue weighted by Gasteiger charge is -1.98. The van der Waals surface area contributed by atoms with Crippen LogP contribution in [0.25, 0.3) is 17.0 Å². The third-order valence-electron chi connectivity index (χ3n) is 2.60. The van der Waals surface area contributed by atoms with E-state index in [0.717, 1.165) is 11.3 Å². The van der Waals surface area contributed by atoms with Crippen molar-refractivity contribution in [2.24, 2.45) is 0 Å². The van der Waals surface area contributed by atoms with Gasteiger partial charge < -0.3 is 0 Å². The number of H-pyrrole nitrogens is 1. The molecule has 1 N–H and O–H groups in total. The molecule has 3 aromatic heterocycles. The number of hydrogen-bond donors (Lipinski definition) is 1. The Labute approximate surface area is 96.5 Å². The summed E-state index contributed by atoms with van der Waals surface area (Å²) in [5, 5.41) is 23.9. The van der Waals surface area contributed by atoms with Gasteiger partial charge in [0, 0.05) is 11.9 Å². The van der Waals surface area contributed by atoms with E-state index in [1.165, 1.54) is 0 Å². The molecule has 0 aliphatic heterocycles. The Balaban J connectivity index is 2.31. The van der Waals surface area contributed by atoms with Gasteiger partial charge in [-0.05, 0) is 19.1 Å². The summed E-state index contributed by atoms with van der Waals surface area (Å²) in [5.41, 5.74) is 3.08. The first-order valence-corrected chi connectivity index (χ1v) is 5.05. The fourth-order valence-corrected chi connectivity index (χ4v) is 1.72. The molecule has 0 bridgehead atoms. The average molecular weight is 224 g/mol. The number of rotatable bonds is 1. The van der Waals surface area contributed by atoms with Gasteiger partial charge in [0.2, 0.25) is 0 Å². The highest BCUT2D eigenvalue weighted by molar-refractivity contribution is 5.61. The van der Waals surface area contributed by atoms with Crippen molar-refractivity contribution in [1.29, 1.82) is 5.26 Å². The van der Waals surface area contributed by atoms with Crippen molar-refractivity contribution < 1.29 is 0 Å². The lowest BCUT2D eigenvalue weighted by molar-refractivity contribution is 1.04. The highest BCUT2D eigenvalue weighted by Gasteiger charge is 2.11. The van der Waals surface area contributed by atoms with Crippen molar-refractivity contribution >= 4 is 5.65 Å². The molecule has 3 rings (SSSR count). The van der Waals surface area contributed by atoms with Crippen LogP contribution in [0.5, 0.6) is 0 Å². The number of aromatic amines is 1. The van der Waals surface area contributed by atoms with Crippen LogP contribution >= 0.6 is 0 Å². The minimum atomic E-state index is 0.569. The van der Waals surface area contributed by atoms with Crippen LogP contribution in [0.2, 0.25) is 0 Å². The van der Waals surface area contributed by atoms with Gasteiger partial charge in [0.1, 0.15) is 6.07 Å². The summed E-state index contributed by atoms with van der Waals surface area (Å²) >= 11 is 0. The van der Waals surface area contributed by atoms with Crippen LogP contribution in [0.3, 0.4) is 0 Å². The van der Waals surface area contributed by atoms with Gasteiger partial charge in [-0.2, -0.15) is 10.4 Å². The Morgan fingerprint density at radius 2 is 2.24 bits per heavy atom. The summed E-state index contributed by atoms with van der Waals surface area (Å²) in [6.45, 7) is 1.91. The Bertz CT molecular complexity index is 730. The van der Waals surface area contributed by atoms with E-state index < -0.39 is 0 Å². The minimum absolute atomic E-state index is 0.569. The smallest absolute Gasteiger partial charge is 0.171 e. The van der Waals surface area contributed by atoms with Gasteiger partial charge in [0.25, 0.3) is 0 Å². The van der Waals surface area contributed by atoms with Crippen LogP contribution in [-0.2, 0) is 0 Å². The number of aryl methyl sites for hydroxylation is 1. The van der Waals surface area contributed by atoms with Gasteiger partial charge in [-0.1, -0.05) is 0 Å². The molecule has 0 atom stereocenters. The lowest BCUT2D eigenvalue weighted by atomic mass is 10.2. The lowest BCUT2D eigenvalue weighted by Crippen LogP contribution is -1.91. The first-order chi connectivity index (χ1) is 8.29. The Morgan fingerprint density at radius 3 is 2.94 bits per heavy atom. The Hall–Kier alpha value is -2.68. The number of aromatic nitrogens is 5. The minimum Gasteiger partial charge on any atom is -0.282 e. The molecule has 0 aromatic carbocycles. The number of nitriles is 1. The molecule has 0 spiro atoms. The Morgan fingerprint density at radius 1 is 1.35 bits per heavy atom. The van der Waals surface area contributed by atoms with E-state index in [0.29, 0.717) is 17.0 Å². The number of pyridine rings is 1. The number of nitrogens with one attached hydrogen (secondary N) is 1. The molecule has 3 aromatic rings. The molecular weight excluding hydrogens is 216 g/mol. The van der Waals surface area contributed by atoms with E-state index in [4.69, 9.17) is 5.26 Å². The third-order valence-corrected chi connectivity index (χ3v) is 2.60. The number of nitrogens with zero attached hydrogens (tertiary/aromatic N) is 5. The maximum absolute atomic E-state index is 8.89. The first-order valence-electron chi connectivity index (χ1n) is 5.05. The predicted molar refractivity (Wildman–Crippen MR) is 60.0 cm³/mol. The van der Waals surface area contributed by atoms with Crippen LogP contribution in [0.15, 0.2) is 24.5 Å². The van der Waals surface area contributed by atoms with E-state index in [-0.39, 0.29) is 0 Å². The Kier molecular flexibility index (Phi) is 1.92. The van der Waals surface area contributed by atoms with E-state index in [1.54, 1.807) is 28.9 Å². The summed E-state index contributed by atoms with van der Waals surface area (Å²) < 4.78 is 1.79. The van der Waals surface area contributed by atoms with Gasteiger partial charge in [-0.25, -0.2) is 0 Å². The van der Waals surface area contributed by atoms with Gasteiger partial charge in [0.05, 0.1) is 17.3 Å². The second kappa shape index (κ2) is 3.42. The molecule has 3 heterocycles. The average Bonchev–Trinajstić information content (AvgIpc) is 2.94. The molecule has 0 saturated carbocycles. The zero-order chi connectivity index (χ0) is 11.8. The molecule has 17 heavy (non-hydrogen) atoms. The van der Waals surface area contributed by atoms with E-state index in [1.807, 2.05) is 6.92 Å². The SMILES string of the molecule is Cc1[nH]ncc1-c1nnc2ccc(C#N)cn12. The number of fused-ring (bicyclic) bond motifs is 1. The summed E-state index contributed by atoms with van der Waals surface area (Å²) in [7, 11) is 0. The zero-order valence-corrected chi connectivity index (χ0v) is 9.05. The summed E-state index contributed by atoms with van der Waals surface area (Å²) in [6.07, 6.45) is 3.42. The van der Waals surface area contributed by atoms with Crippen molar-refractivity contribution in [3.05, 3.63) is 35.8 Å². The molecule has 0 amide bonds. The molecule has 82 valence electrons. The van der Waals surface area contributed by atoms with Crippen molar-refractivity contribution in [3.8, 4) is 17.5 Å². The molecule has 0 aliphatic rings. The highest BCUT2D eigenvalue weighted by Crippen LogP contribution is 2.20. The topological polar surface area (TPSA) is 82.7 Å². The van der Waals surface area contributed by atoms with Crippen molar-refractivity contribution in [2.75, 3.05) is 0 Å². The van der Waals surface area contributed by atoms with Crippen molar-refractivity contribution in [3.63, 3.8) is 0 Å². The maximum atomic E-state index is 8.89. The zero-order valence-electron chi connectivity index (χ0n) is 9.05. The van der Waals surface area contributed by atoms with E-state index >= 15 is 0 Å². The van der Waals surface area contributed by atoms with Crippen molar-refractivity contribution in [1.82, 2.24) is 24.8 Å². The van der Waals surface area contributed by atoms with Gasteiger partial charge in [-0.3, -0.25) is 9.50 Å². The summed E-state index contributed by atoms with van der Waals surface area (Å²) in [5.74, 6) is 0.684. The van der Waals surface area contributed by atoms with E-state index in [2.05, 4.69) is 26.5 Å². The largest absolute Gasteiger partial charge is 0.282 e. The molecule has 0 saturated heterocycles. The maximum Gasteiger partial charge on any atom is 0.171 e. The molecular formula is C11H8N6. The third kappa shape index (κ3) is 1.37. The number of hydrogen-bond acceptors (Lipinski definition) is 4. The van der Waals surface area contributed by atoms with Gasteiger partial charge in [-0.15, -0.1) is 10.2 Å². The molecule has 0 fully saturated rings. The van der Waals surface area contributed by atoms with Crippen molar-refractivity contribution in [2.45, 2.75) is 6.92 Å². The second-order valence-corrected chi connectivity index (χ2v) is 3.69. The molecule has 0 unspecified atom stereocenters. The van der Waals surface area contributed by atoms with Crippen LogP contribution in [0.4, 0.5) is 0 Å². The summed E-state index contributed by atoms with van der Waals surface area (Å²) in [4.78, 5) is 0. The fourth-order valence-electron chi connectivity index (χ4n) is 1.72. The van der Waals surface area contributed by atoms with Crippen LogP contribution in [0, 0.1) is 18.3 Å². The molecule has 0 aliphatic carbocycles. The van der Waals surface area contributed by atoms with Crippen LogP contribution in [-0.4, -0.2) is 24.8 Å². The second-order valence-electron chi connectivity index (χ2n) is 3.69. The summed E-state index contributed by atoms with van der Waals surface area (Å²) in [6, 6.07) is 5.58. The quantitative estimate of drug-likeness (QED) is 0.675. The van der Waals surface area contributed by atoms with Crippen LogP contribution in [0.1, 0.15) is 11.3 Å².